The Morgan fingerprint density at radius 3 is 1.80 bits per heavy atom. The van der Waals surface area contributed by atoms with Gasteiger partial charge in [0.25, 0.3) is 0 Å². The van der Waals surface area contributed by atoms with Crippen molar-refractivity contribution in [3.8, 4) is 11.3 Å². The number of fused-ring (bicyclic) bond motifs is 1. The zero-order chi connectivity index (χ0) is 19.7. The average Bonchev–Trinajstić information content (AvgIpc) is 3.12. The molecule has 0 saturated heterocycles. The Bertz CT molecular complexity index is 1180. The summed E-state index contributed by atoms with van der Waals surface area (Å²) >= 11 is 1.66. The fraction of sp³-hybridized carbons (Fsp3) is 0. The molecule has 154 valence electrons. The molecule has 1 aromatic heterocycles. The molecular weight excluding hydrogens is 437 g/mol. The van der Waals surface area contributed by atoms with E-state index in [1.807, 2.05) is 42.5 Å². The van der Waals surface area contributed by atoms with E-state index in [9.17, 15) is 0 Å². The molecule has 0 radical (unpaired) electrons. The highest BCUT2D eigenvalue weighted by Gasteiger charge is 2.06. The first-order chi connectivity index (χ1) is 13.5. The van der Waals surface area contributed by atoms with Crippen molar-refractivity contribution < 1.29 is 0 Å². The van der Waals surface area contributed by atoms with Gasteiger partial charge in [0, 0.05) is 37.5 Å². The highest BCUT2D eigenvalue weighted by molar-refractivity contribution is 7.99. The summed E-state index contributed by atoms with van der Waals surface area (Å²) in [6.45, 7) is 0. The Hall–Kier alpha value is -2.93. The molecule has 0 fully saturated rings. The van der Waals surface area contributed by atoms with Crippen molar-refractivity contribution in [2.45, 2.75) is 9.79 Å². The molecule has 4 rings (SSSR count). The molecule has 0 unspecified atom stereocenters. The maximum atomic E-state index is 7.57. The van der Waals surface area contributed by atoms with Crippen molar-refractivity contribution >= 4 is 59.2 Å². The van der Waals surface area contributed by atoms with Gasteiger partial charge in [-0.1, -0.05) is 48.2 Å². The SMILES string of the molecule is Cl.Cl.N=C(N)c1ccc(Sc2ccc(-c3cc4ccc(C(=N)N)cc4[nH]3)cc2)cc1. The van der Waals surface area contributed by atoms with Crippen molar-refractivity contribution in [3.63, 3.8) is 0 Å². The lowest BCUT2D eigenvalue weighted by molar-refractivity contribution is 1.37. The minimum Gasteiger partial charge on any atom is -0.384 e. The second-order valence-electron chi connectivity index (χ2n) is 6.46. The second kappa shape index (κ2) is 9.71. The summed E-state index contributed by atoms with van der Waals surface area (Å²) < 4.78 is 0. The van der Waals surface area contributed by atoms with Crippen molar-refractivity contribution in [2.75, 3.05) is 0 Å². The standard InChI is InChI=1S/C22H19N5S.2ClH/c23-21(24)14-5-9-18(10-6-14)28-17-7-3-13(4-8-17)19-11-15-1-2-16(22(25)26)12-20(15)27-19;;/h1-12,27H,(H3,23,24)(H3,25,26);2*1H. The number of nitrogens with one attached hydrogen (secondary N) is 3. The number of H-pyrrole nitrogens is 1. The van der Waals surface area contributed by atoms with Crippen LogP contribution in [-0.2, 0) is 0 Å². The number of hydrogen-bond donors (Lipinski definition) is 5. The van der Waals surface area contributed by atoms with E-state index in [2.05, 4.69) is 35.3 Å². The molecule has 0 aliphatic rings. The van der Waals surface area contributed by atoms with Gasteiger partial charge < -0.3 is 16.5 Å². The summed E-state index contributed by atoms with van der Waals surface area (Å²) in [6, 6.07) is 23.8. The molecule has 5 nitrogen and oxygen atoms in total. The van der Waals surface area contributed by atoms with Crippen molar-refractivity contribution in [1.29, 1.82) is 10.8 Å². The molecule has 8 heteroatoms. The largest absolute Gasteiger partial charge is 0.384 e. The van der Waals surface area contributed by atoms with E-state index < -0.39 is 0 Å². The van der Waals surface area contributed by atoms with Crippen LogP contribution in [0.4, 0.5) is 0 Å². The zero-order valence-electron chi connectivity index (χ0n) is 15.8. The van der Waals surface area contributed by atoms with E-state index in [1.54, 1.807) is 11.8 Å². The number of aromatic amines is 1. The van der Waals surface area contributed by atoms with E-state index in [-0.39, 0.29) is 36.5 Å². The number of nitrogen functional groups attached to an aromatic ring is 2. The maximum absolute atomic E-state index is 7.57. The third-order valence-corrected chi connectivity index (χ3v) is 5.52. The van der Waals surface area contributed by atoms with Crippen LogP contribution in [0.3, 0.4) is 0 Å². The minimum atomic E-state index is 0. The molecule has 3 aromatic carbocycles. The average molecular weight is 458 g/mol. The Morgan fingerprint density at radius 1 is 0.700 bits per heavy atom. The Labute approximate surface area is 191 Å². The Morgan fingerprint density at radius 2 is 1.23 bits per heavy atom. The second-order valence-corrected chi connectivity index (χ2v) is 7.61. The summed E-state index contributed by atoms with van der Waals surface area (Å²) in [5, 5.41) is 16.1. The lowest BCUT2D eigenvalue weighted by Gasteiger charge is -2.05. The van der Waals surface area contributed by atoms with Crippen molar-refractivity contribution in [3.05, 3.63) is 83.9 Å². The summed E-state index contributed by atoms with van der Waals surface area (Å²) in [5.41, 5.74) is 15.6. The van der Waals surface area contributed by atoms with Gasteiger partial charge in [0.1, 0.15) is 11.7 Å². The molecular formula is C22H21Cl2N5S. The summed E-state index contributed by atoms with van der Waals surface area (Å²) in [4.78, 5) is 5.63. The number of rotatable bonds is 5. The predicted octanol–water partition coefficient (Wildman–Crippen LogP) is 5.40. The van der Waals surface area contributed by atoms with Crippen LogP contribution in [0.1, 0.15) is 11.1 Å². The van der Waals surface area contributed by atoms with Crippen LogP contribution in [-0.4, -0.2) is 16.7 Å². The highest BCUT2D eigenvalue weighted by atomic mass is 35.5. The first-order valence-corrected chi connectivity index (χ1v) is 9.51. The van der Waals surface area contributed by atoms with Crippen LogP contribution in [0.25, 0.3) is 22.2 Å². The third kappa shape index (κ3) is 4.97. The number of benzene rings is 3. The first kappa shape index (κ1) is 23.3. The van der Waals surface area contributed by atoms with E-state index >= 15 is 0 Å². The molecule has 0 atom stereocenters. The van der Waals surface area contributed by atoms with Crippen LogP contribution in [0.5, 0.6) is 0 Å². The molecule has 30 heavy (non-hydrogen) atoms. The fourth-order valence-electron chi connectivity index (χ4n) is 2.99. The van der Waals surface area contributed by atoms with Crippen LogP contribution >= 0.6 is 36.6 Å². The molecule has 0 aliphatic heterocycles. The van der Waals surface area contributed by atoms with Crippen LogP contribution in [0, 0.1) is 10.8 Å². The van der Waals surface area contributed by atoms with Crippen LogP contribution < -0.4 is 11.5 Å². The zero-order valence-corrected chi connectivity index (χ0v) is 18.3. The van der Waals surface area contributed by atoms with Crippen LogP contribution in [0.15, 0.2) is 82.6 Å². The normalized spacial score (nSPS) is 10.1. The minimum absolute atomic E-state index is 0. The molecule has 4 aromatic rings. The van der Waals surface area contributed by atoms with Crippen molar-refractivity contribution in [1.82, 2.24) is 4.98 Å². The Balaban J connectivity index is 0.00000160. The van der Waals surface area contributed by atoms with Gasteiger partial charge in [0.2, 0.25) is 0 Å². The smallest absolute Gasteiger partial charge is 0.122 e. The fourth-order valence-corrected chi connectivity index (χ4v) is 3.81. The number of aromatic nitrogens is 1. The number of halogens is 2. The number of amidine groups is 2. The highest BCUT2D eigenvalue weighted by Crippen LogP contribution is 2.31. The molecule has 0 amide bonds. The van der Waals surface area contributed by atoms with E-state index in [1.165, 1.54) is 0 Å². The maximum Gasteiger partial charge on any atom is 0.122 e. The van der Waals surface area contributed by atoms with E-state index in [0.717, 1.165) is 37.5 Å². The monoisotopic (exact) mass is 457 g/mol. The van der Waals surface area contributed by atoms with Crippen LogP contribution in [0.2, 0.25) is 0 Å². The Kier molecular flexibility index (Phi) is 7.56. The third-order valence-electron chi connectivity index (χ3n) is 4.50. The predicted molar refractivity (Wildman–Crippen MR) is 131 cm³/mol. The van der Waals surface area contributed by atoms with E-state index in [0.29, 0.717) is 5.56 Å². The lowest BCUT2D eigenvalue weighted by Crippen LogP contribution is -2.10. The van der Waals surface area contributed by atoms with Gasteiger partial charge >= 0.3 is 0 Å². The molecule has 0 spiro atoms. The summed E-state index contributed by atoms with van der Waals surface area (Å²) in [5.74, 6) is 0.144. The quantitative estimate of drug-likeness (QED) is 0.204. The van der Waals surface area contributed by atoms with Gasteiger partial charge in [-0.2, -0.15) is 0 Å². The van der Waals surface area contributed by atoms with Gasteiger partial charge in [-0.05, 0) is 42.0 Å². The molecule has 1 heterocycles. The first-order valence-electron chi connectivity index (χ1n) is 8.69. The van der Waals surface area contributed by atoms with Gasteiger partial charge in [-0.15, -0.1) is 24.8 Å². The number of hydrogen-bond acceptors (Lipinski definition) is 3. The van der Waals surface area contributed by atoms with Gasteiger partial charge in [-0.3, -0.25) is 10.8 Å². The topological polar surface area (TPSA) is 116 Å². The van der Waals surface area contributed by atoms with Gasteiger partial charge in [0.05, 0.1) is 0 Å². The van der Waals surface area contributed by atoms with Crippen molar-refractivity contribution in [2.24, 2.45) is 11.5 Å². The molecule has 7 N–H and O–H groups in total. The summed E-state index contributed by atoms with van der Waals surface area (Å²) in [7, 11) is 0. The van der Waals surface area contributed by atoms with E-state index in [4.69, 9.17) is 22.3 Å². The number of nitrogens with two attached hydrogens (primary N) is 2. The lowest BCUT2D eigenvalue weighted by atomic mass is 10.1. The molecule has 0 saturated carbocycles. The molecule has 0 aliphatic carbocycles. The molecule has 0 bridgehead atoms. The van der Waals surface area contributed by atoms with Gasteiger partial charge in [0.15, 0.2) is 0 Å². The van der Waals surface area contributed by atoms with Gasteiger partial charge in [-0.25, -0.2) is 0 Å². The summed E-state index contributed by atoms with van der Waals surface area (Å²) in [6.07, 6.45) is 0.